The van der Waals surface area contributed by atoms with Gasteiger partial charge in [-0.2, -0.15) is 4.78 Å². The predicted octanol–water partition coefficient (Wildman–Crippen LogP) is 4.93. The van der Waals surface area contributed by atoms with Gasteiger partial charge in [0.05, 0.1) is 11.4 Å². The van der Waals surface area contributed by atoms with Gasteiger partial charge in [-0.3, -0.25) is 4.67 Å². The van der Waals surface area contributed by atoms with Crippen molar-refractivity contribution in [3.8, 4) is 0 Å². The molecule has 4 rings (SSSR count). The van der Waals surface area contributed by atoms with Gasteiger partial charge in [-0.05, 0) is 49.8 Å². The normalized spacial score (nSPS) is 19.2. The fourth-order valence-electron chi connectivity index (χ4n) is 2.95. The van der Waals surface area contributed by atoms with E-state index in [2.05, 4.69) is 54.9 Å². The van der Waals surface area contributed by atoms with E-state index >= 15 is 0 Å². The lowest BCUT2D eigenvalue weighted by Crippen LogP contribution is -2.25. The average molecular weight is 323 g/mol. The zero-order valence-electron chi connectivity index (χ0n) is 13.4. The highest BCUT2D eigenvalue weighted by Gasteiger charge is 2.40. The van der Waals surface area contributed by atoms with Crippen LogP contribution in [0.3, 0.4) is 0 Å². The zero-order chi connectivity index (χ0) is 16.0. The van der Waals surface area contributed by atoms with Gasteiger partial charge >= 0.3 is 0 Å². The number of rotatable bonds is 2. The number of anilines is 2. The summed E-state index contributed by atoms with van der Waals surface area (Å²) in [6.45, 7) is 4.26. The van der Waals surface area contributed by atoms with E-state index in [0.717, 1.165) is 11.5 Å². The molecule has 0 spiro atoms. The minimum Gasteiger partial charge on any atom is -0.324 e. The number of hydrogen-bond donors (Lipinski definition) is 0. The van der Waals surface area contributed by atoms with E-state index in [9.17, 15) is 0 Å². The van der Waals surface area contributed by atoms with Crippen molar-refractivity contribution >= 4 is 31.2 Å². The van der Waals surface area contributed by atoms with Crippen molar-refractivity contribution in [2.45, 2.75) is 13.8 Å². The summed E-state index contributed by atoms with van der Waals surface area (Å²) in [5.74, 6) is 0.940. The zero-order valence-corrected chi connectivity index (χ0v) is 14.3. The van der Waals surface area contributed by atoms with Crippen LogP contribution in [0.5, 0.6) is 0 Å². The molecule has 1 unspecified atom stereocenters. The van der Waals surface area contributed by atoms with Crippen LogP contribution in [-0.4, -0.2) is 12.9 Å². The Morgan fingerprint density at radius 1 is 1.04 bits per heavy atom. The molecule has 2 aromatic rings. The summed E-state index contributed by atoms with van der Waals surface area (Å²) in [6.07, 6.45) is 2.14. The highest BCUT2D eigenvalue weighted by atomic mass is 31.2. The van der Waals surface area contributed by atoms with Gasteiger partial charge in [0.2, 0.25) is 0 Å². The van der Waals surface area contributed by atoms with Crippen molar-refractivity contribution in [3.63, 3.8) is 0 Å². The lowest BCUT2D eigenvalue weighted by molar-refractivity contribution is 0.460. The van der Waals surface area contributed by atoms with Crippen molar-refractivity contribution in [2.75, 3.05) is 16.6 Å². The van der Waals surface area contributed by atoms with Gasteiger partial charge in [-0.15, -0.1) is 5.10 Å². The number of benzene rings is 2. The third-order valence-electron chi connectivity index (χ3n) is 4.05. The van der Waals surface area contributed by atoms with Gasteiger partial charge in [0.1, 0.15) is 0 Å². The van der Waals surface area contributed by atoms with Crippen LogP contribution in [-0.2, 0) is 4.52 Å². The summed E-state index contributed by atoms with van der Waals surface area (Å²) in [4.78, 5) is 0. The number of fused-ring (bicyclic) bond motifs is 3. The minimum atomic E-state index is -1.04. The number of allylic oxidation sites excluding steroid dienone is 1. The summed E-state index contributed by atoms with van der Waals surface area (Å²) >= 11 is 0. The van der Waals surface area contributed by atoms with Crippen LogP contribution in [0.1, 0.15) is 18.1 Å². The van der Waals surface area contributed by atoms with Gasteiger partial charge in [-0.25, -0.2) is 0 Å². The summed E-state index contributed by atoms with van der Waals surface area (Å²) < 4.78 is 10.0. The lowest BCUT2D eigenvalue weighted by Gasteiger charge is -2.32. The van der Waals surface area contributed by atoms with E-state index in [1.54, 1.807) is 7.11 Å². The lowest BCUT2D eigenvalue weighted by atomic mass is 9.99. The van der Waals surface area contributed by atoms with Crippen LogP contribution in [0.4, 0.5) is 11.4 Å². The number of aryl methyl sites for hydroxylation is 1. The highest BCUT2D eigenvalue weighted by molar-refractivity contribution is 7.58. The molecule has 0 aromatic heterocycles. The maximum atomic E-state index is 5.84. The number of amidine groups is 1. The van der Waals surface area contributed by atoms with E-state index in [1.165, 1.54) is 22.4 Å². The minimum absolute atomic E-state index is 0.940. The van der Waals surface area contributed by atoms with E-state index < -0.39 is 8.45 Å². The van der Waals surface area contributed by atoms with Gasteiger partial charge in [0.25, 0.3) is 8.45 Å². The fraction of sp³-hybridized carbons (Fsp3) is 0.167. The van der Waals surface area contributed by atoms with Crippen LogP contribution in [0, 0.1) is 6.92 Å². The third-order valence-corrected chi connectivity index (χ3v) is 5.78. The van der Waals surface area contributed by atoms with E-state index in [0.29, 0.717) is 0 Å². The molecule has 1 atom stereocenters. The van der Waals surface area contributed by atoms with Crippen molar-refractivity contribution in [2.24, 2.45) is 5.10 Å². The first-order valence-electron chi connectivity index (χ1n) is 7.56. The maximum Gasteiger partial charge on any atom is 0.276 e. The Morgan fingerprint density at radius 2 is 1.83 bits per heavy atom. The average Bonchev–Trinajstić information content (AvgIpc) is 2.94. The Morgan fingerprint density at radius 3 is 2.57 bits per heavy atom. The predicted molar refractivity (Wildman–Crippen MR) is 97.6 cm³/mol. The third kappa shape index (κ3) is 2.26. The Kier molecular flexibility index (Phi) is 3.44. The van der Waals surface area contributed by atoms with E-state index in [4.69, 9.17) is 9.63 Å². The molecule has 0 N–H and O–H groups in total. The van der Waals surface area contributed by atoms with Gasteiger partial charge in [0.15, 0.2) is 5.84 Å². The van der Waals surface area contributed by atoms with E-state index in [1.807, 2.05) is 23.0 Å². The van der Waals surface area contributed by atoms with Crippen molar-refractivity contribution in [3.05, 3.63) is 65.7 Å². The molecule has 0 radical (unpaired) electrons. The Balaban J connectivity index is 1.84. The van der Waals surface area contributed by atoms with Crippen LogP contribution < -0.4 is 9.45 Å². The second kappa shape index (κ2) is 5.48. The largest absolute Gasteiger partial charge is 0.324 e. The van der Waals surface area contributed by atoms with E-state index in [-0.39, 0.29) is 0 Å². The van der Waals surface area contributed by atoms with Crippen molar-refractivity contribution in [1.29, 1.82) is 0 Å². The maximum absolute atomic E-state index is 5.84. The highest BCUT2D eigenvalue weighted by Crippen LogP contribution is 2.56. The topological polar surface area (TPSA) is 28.1 Å². The molecule has 0 bridgehead atoms. The number of hydrogen-bond acceptors (Lipinski definition) is 4. The number of nitrogens with zero attached hydrogens (tertiary/aromatic N) is 3. The molecule has 0 saturated heterocycles. The first-order chi connectivity index (χ1) is 11.2. The van der Waals surface area contributed by atoms with Crippen LogP contribution in [0.15, 0.2) is 59.7 Å². The second-order valence-corrected chi connectivity index (χ2v) is 7.33. The molecule has 0 fully saturated rings. The standard InChI is InChI=1S/C18H18N3OP/c1-13-9-10-17-16(11-13)14(2)12-18-19-21(23(22-3)20(17)18)15-7-5-4-6-8-15/h4-12H,1-3H3. The molecular formula is C18H18N3OP. The molecule has 0 saturated carbocycles. The second-order valence-electron chi connectivity index (χ2n) is 5.68. The van der Waals surface area contributed by atoms with Crippen molar-refractivity contribution in [1.82, 2.24) is 0 Å². The molecule has 2 aliphatic heterocycles. The van der Waals surface area contributed by atoms with Crippen molar-refractivity contribution < 1.29 is 4.52 Å². The van der Waals surface area contributed by atoms with Gasteiger partial charge < -0.3 is 4.52 Å². The summed E-state index contributed by atoms with van der Waals surface area (Å²) in [5.41, 5.74) is 5.96. The molecule has 0 aliphatic carbocycles. The molecule has 2 heterocycles. The Hall–Kier alpha value is -2.16. The van der Waals surface area contributed by atoms with Crippen LogP contribution >= 0.6 is 8.45 Å². The quantitative estimate of drug-likeness (QED) is 0.734. The molecule has 116 valence electrons. The van der Waals surface area contributed by atoms with Gasteiger partial charge in [-0.1, -0.05) is 29.8 Å². The molecule has 0 amide bonds. The molecule has 2 aromatic carbocycles. The van der Waals surface area contributed by atoms with Crippen LogP contribution in [0.2, 0.25) is 0 Å². The fourth-order valence-corrected chi connectivity index (χ4v) is 4.57. The Bertz CT molecular complexity index is 816. The molecule has 2 aliphatic rings. The summed E-state index contributed by atoms with van der Waals surface area (Å²) in [7, 11) is 0.712. The summed E-state index contributed by atoms with van der Waals surface area (Å²) in [5, 5.41) is 4.81. The molecule has 5 heteroatoms. The Labute approximate surface area is 137 Å². The smallest absolute Gasteiger partial charge is 0.276 e. The first kappa shape index (κ1) is 14.4. The monoisotopic (exact) mass is 323 g/mol. The van der Waals surface area contributed by atoms with Crippen LogP contribution in [0.25, 0.3) is 5.57 Å². The number of para-hydroxylation sites is 1. The SMILES string of the molecule is COP1N(c2ccccc2)N=C2C=C(C)c3cc(C)ccc3N21. The van der Waals surface area contributed by atoms with Gasteiger partial charge in [0, 0.05) is 12.7 Å². The molecular weight excluding hydrogens is 305 g/mol. The first-order valence-corrected chi connectivity index (χ1v) is 8.73. The molecule has 23 heavy (non-hydrogen) atoms. The number of hydrazone groups is 1. The molecule has 4 nitrogen and oxygen atoms in total. The summed E-state index contributed by atoms with van der Waals surface area (Å²) in [6, 6.07) is 16.7.